The largest absolute Gasteiger partial charge is 0.304 e. The van der Waals surface area contributed by atoms with Gasteiger partial charge in [-0.2, -0.15) is 0 Å². The molecule has 1 rings (SSSR count). The van der Waals surface area contributed by atoms with E-state index in [1.807, 2.05) is 6.92 Å². The maximum Gasteiger partial charge on any atom is 0.0658 e. The Hall–Kier alpha value is -0.780. The van der Waals surface area contributed by atoms with Crippen LogP contribution in [0.1, 0.15) is 11.8 Å². The molecule has 2 heteroatoms. The molecular formula is C10H13NS. The van der Waals surface area contributed by atoms with E-state index in [9.17, 15) is 0 Å². The zero-order valence-corrected chi connectivity index (χ0v) is 8.03. The van der Waals surface area contributed by atoms with Crippen molar-refractivity contribution in [2.75, 3.05) is 6.54 Å². The summed E-state index contributed by atoms with van der Waals surface area (Å²) in [5.74, 6) is 2.64. The van der Waals surface area contributed by atoms with Crippen molar-refractivity contribution in [3.05, 3.63) is 22.4 Å². The van der Waals surface area contributed by atoms with Crippen molar-refractivity contribution < 1.29 is 0 Å². The summed E-state index contributed by atoms with van der Waals surface area (Å²) in [4.78, 5) is 1.41. The van der Waals surface area contributed by atoms with Crippen LogP contribution in [0.4, 0.5) is 0 Å². The Morgan fingerprint density at radius 3 is 3.17 bits per heavy atom. The molecule has 0 aliphatic carbocycles. The Morgan fingerprint density at radius 1 is 1.75 bits per heavy atom. The molecule has 1 aromatic heterocycles. The van der Waals surface area contributed by atoms with Crippen LogP contribution < -0.4 is 5.32 Å². The van der Waals surface area contributed by atoms with Crippen LogP contribution in [-0.2, 0) is 6.42 Å². The van der Waals surface area contributed by atoms with Gasteiger partial charge in [0.05, 0.1) is 6.04 Å². The molecule has 1 nitrogen and oxygen atoms in total. The van der Waals surface area contributed by atoms with Crippen LogP contribution in [0.25, 0.3) is 0 Å². The minimum atomic E-state index is 0.185. The first-order valence-corrected chi connectivity index (χ1v) is 4.93. The van der Waals surface area contributed by atoms with Crippen molar-refractivity contribution in [3.63, 3.8) is 0 Å². The molecule has 1 unspecified atom stereocenters. The molecule has 12 heavy (non-hydrogen) atoms. The molecule has 0 aromatic carbocycles. The topological polar surface area (TPSA) is 12.0 Å². The van der Waals surface area contributed by atoms with Gasteiger partial charge in [-0.15, -0.1) is 17.8 Å². The molecule has 0 amide bonds. The van der Waals surface area contributed by atoms with E-state index >= 15 is 0 Å². The summed E-state index contributed by atoms with van der Waals surface area (Å²) in [6.07, 6.45) is 6.29. The van der Waals surface area contributed by atoms with Crippen molar-refractivity contribution in [1.82, 2.24) is 5.32 Å². The molecule has 0 aliphatic rings. The van der Waals surface area contributed by atoms with Gasteiger partial charge in [0.15, 0.2) is 0 Å². The molecule has 1 heterocycles. The van der Waals surface area contributed by atoms with Crippen LogP contribution in [0, 0.1) is 12.3 Å². The maximum absolute atomic E-state index is 5.22. The van der Waals surface area contributed by atoms with Gasteiger partial charge >= 0.3 is 0 Å². The molecule has 1 atom stereocenters. The van der Waals surface area contributed by atoms with Crippen molar-refractivity contribution >= 4 is 11.3 Å². The SMILES string of the molecule is C#CC(C)NCCc1cccs1. The second-order valence-electron chi connectivity index (χ2n) is 2.67. The van der Waals surface area contributed by atoms with Crippen LogP contribution in [0.15, 0.2) is 17.5 Å². The highest BCUT2D eigenvalue weighted by Crippen LogP contribution is 2.07. The monoisotopic (exact) mass is 179 g/mol. The Morgan fingerprint density at radius 2 is 2.58 bits per heavy atom. The van der Waals surface area contributed by atoms with E-state index < -0.39 is 0 Å². The standard InChI is InChI=1S/C10H13NS/c1-3-9(2)11-7-6-10-5-4-8-12-10/h1,4-5,8-9,11H,6-7H2,2H3. The zero-order valence-electron chi connectivity index (χ0n) is 7.21. The van der Waals surface area contributed by atoms with Gasteiger partial charge in [-0.05, 0) is 24.8 Å². The van der Waals surface area contributed by atoms with Crippen LogP contribution in [-0.4, -0.2) is 12.6 Å². The van der Waals surface area contributed by atoms with Crippen LogP contribution in [0.5, 0.6) is 0 Å². The predicted molar refractivity (Wildman–Crippen MR) is 54.3 cm³/mol. The Balaban J connectivity index is 2.16. The third-order valence-corrected chi connectivity index (χ3v) is 2.59. The first-order valence-electron chi connectivity index (χ1n) is 4.05. The fraction of sp³-hybridized carbons (Fsp3) is 0.400. The van der Waals surface area contributed by atoms with E-state index in [4.69, 9.17) is 6.42 Å². The van der Waals surface area contributed by atoms with Crippen molar-refractivity contribution in [3.8, 4) is 12.3 Å². The van der Waals surface area contributed by atoms with Gasteiger partial charge in [-0.25, -0.2) is 0 Å². The van der Waals surface area contributed by atoms with Gasteiger partial charge in [0, 0.05) is 11.4 Å². The Bertz CT molecular complexity index is 245. The van der Waals surface area contributed by atoms with Crippen LogP contribution in [0.3, 0.4) is 0 Å². The lowest BCUT2D eigenvalue weighted by molar-refractivity contribution is 0.649. The maximum atomic E-state index is 5.22. The van der Waals surface area contributed by atoms with E-state index in [1.54, 1.807) is 11.3 Å². The summed E-state index contributed by atoms with van der Waals surface area (Å²) >= 11 is 1.79. The lowest BCUT2D eigenvalue weighted by Crippen LogP contribution is -2.26. The van der Waals surface area contributed by atoms with Gasteiger partial charge in [0.25, 0.3) is 0 Å². The fourth-order valence-corrected chi connectivity index (χ4v) is 1.63. The quantitative estimate of drug-likeness (QED) is 0.696. The number of rotatable bonds is 4. The second-order valence-corrected chi connectivity index (χ2v) is 3.70. The number of hydrogen-bond donors (Lipinski definition) is 1. The molecule has 0 radical (unpaired) electrons. The highest BCUT2D eigenvalue weighted by atomic mass is 32.1. The normalized spacial score (nSPS) is 12.3. The molecule has 0 spiro atoms. The van der Waals surface area contributed by atoms with E-state index in [2.05, 4.69) is 28.8 Å². The molecule has 0 saturated heterocycles. The van der Waals surface area contributed by atoms with Crippen molar-refractivity contribution in [1.29, 1.82) is 0 Å². The first kappa shape index (κ1) is 9.31. The van der Waals surface area contributed by atoms with Gasteiger partial charge in [0.1, 0.15) is 0 Å². The molecule has 1 aromatic rings. The van der Waals surface area contributed by atoms with E-state index in [-0.39, 0.29) is 6.04 Å². The summed E-state index contributed by atoms with van der Waals surface area (Å²) in [5.41, 5.74) is 0. The summed E-state index contributed by atoms with van der Waals surface area (Å²) in [5, 5.41) is 5.34. The Labute approximate surface area is 77.8 Å². The van der Waals surface area contributed by atoms with Gasteiger partial charge < -0.3 is 5.32 Å². The zero-order chi connectivity index (χ0) is 8.81. The number of terminal acetylenes is 1. The third-order valence-electron chi connectivity index (χ3n) is 1.65. The molecule has 0 fully saturated rings. The average Bonchev–Trinajstić information content (AvgIpc) is 2.57. The molecule has 0 saturated carbocycles. The van der Waals surface area contributed by atoms with E-state index in [1.165, 1.54) is 4.88 Å². The van der Waals surface area contributed by atoms with Crippen molar-refractivity contribution in [2.24, 2.45) is 0 Å². The molecule has 64 valence electrons. The van der Waals surface area contributed by atoms with E-state index in [0.717, 1.165) is 13.0 Å². The van der Waals surface area contributed by atoms with Crippen LogP contribution >= 0.6 is 11.3 Å². The molecule has 0 bridgehead atoms. The minimum absolute atomic E-state index is 0.185. The van der Waals surface area contributed by atoms with Gasteiger partial charge in [-0.3, -0.25) is 0 Å². The number of hydrogen-bond acceptors (Lipinski definition) is 2. The van der Waals surface area contributed by atoms with E-state index in [0.29, 0.717) is 0 Å². The van der Waals surface area contributed by atoms with Gasteiger partial charge in [-0.1, -0.05) is 12.0 Å². The molecule has 1 N–H and O–H groups in total. The summed E-state index contributed by atoms with van der Waals surface area (Å²) < 4.78 is 0. The smallest absolute Gasteiger partial charge is 0.0658 e. The summed E-state index contributed by atoms with van der Waals surface area (Å²) in [7, 11) is 0. The molecular weight excluding hydrogens is 166 g/mol. The molecule has 0 aliphatic heterocycles. The second kappa shape index (κ2) is 4.97. The first-order chi connectivity index (χ1) is 5.83. The number of nitrogens with one attached hydrogen (secondary N) is 1. The van der Waals surface area contributed by atoms with Gasteiger partial charge in [0.2, 0.25) is 0 Å². The highest BCUT2D eigenvalue weighted by Gasteiger charge is 1.96. The lowest BCUT2D eigenvalue weighted by atomic mass is 10.3. The lowest BCUT2D eigenvalue weighted by Gasteiger charge is -2.05. The number of thiophene rings is 1. The van der Waals surface area contributed by atoms with Crippen LogP contribution in [0.2, 0.25) is 0 Å². The average molecular weight is 179 g/mol. The summed E-state index contributed by atoms with van der Waals surface area (Å²) in [6, 6.07) is 4.40. The van der Waals surface area contributed by atoms with Crippen molar-refractivity contribution in [2.45, 2.75) is 19.4 Å². The third kappa shape index (κ3) is 3.08. The highest BCUT2D eigenvalue weighted by molar-refractivity contribution is 7.09. The Kier molecular flexibility index (Phi) is 3.86. The minimum Gasteiger partial charge on any atom is -0.304 e. The summed E-state index contributed by atoms with van der Waals surface area (Å²) in [6.45, 7) is 2.96. The predicted octanol–water partition coefficient (Wildman–Crippen LogP) is 1.90. The fourth-order valence-electron chi connectivity index (χ4n) is 0.926.